The normalized spacial score (nSPS) is 27.0. The first-order valence-electron chi connectivity index (χ1n) is 11.6. The average Bonchev–Trinajstić information content (AvgIpc) is 2.84. The van der Waals surface area contributed by atoms with Gasteiger partial charge >= 0.3 is 0 Å². The number of hydrogen-bond acceptors (Lipinski definition) is 2. The van der Waals surface area contributed by atoms with E-state index < -0.39 is 0 Å². The molecule has 7 rings (SSSR count). The molecule has 0 radical (unpaired) electrons. The molecular formula is C29H23ClN2. The van der Waals surface area contributed by atoms with Crippen LogP contribution in [-0.2, 0) is 0 Å². The van der Waals surface area contributed by atoms with Gasteiger partial charge in [0.2, 0.25) is 0 Å². The smallest absolute Gasteiger partial charge is 0.160 e. The first-order valence-corrected chi connectivity index (χ1v) is 11.9. The van der Waals surface area contributed by atoms with Crippen molar-refractivity contribution in [3.63, 3.8) is 0 Å². The SMILES string of the molecule is Clc1cccc(-c2cc(-c3ccccc3)nc(-c3cccc(C4C5CC6CC4C65)c3)n2)c1. The summed E-state index contributed by atoms with van der Waals surface area (Å²) < 4.78 is 0. The minimum absolute atomic E-state index is 0.713. The highest BCUT2D eigenvalue weighted by atomic mass is 35.5. The van der Waals surface area contributed by atoms with E-state index in [4.69, 9.17) is 21.6 Å². The van der Waals surface area contributed by atoms with Gasteiger partial charge in [-0.2, -0.15) is 0 Å². The Morgan fingerprint density at radius 1 is 0.656 bits per heavy atom. The number of halogens is 1. The number of hydrogen-bond donors (Lipinski definition) is 0. The molecule has 3 saturated carbocycles. The van der Waals surface area contributed by atoms with Crippen molar-refractivity contribution in [3.05, 3.63) is 95.5 Å². The van der Waals surface area contributed by atoms with E-state index in [1.807, 2.05) is 36.4 Å². The Bertz CT molecular complexity index is 1320. The number of benzene rings is 3. The molecule has 3 heteroatoms. The molecule has 1 heterocycles. The zero-order chi connectivity index (χ0) is 21.2. The lowest BCUT2D eigenvalue weighted by Gasteiger charge is -2.73. The maximum absolute atomic E-state index is 6.29. The highest BCUT2D eigenvalue weighted by molar-refractivity contribution is 6.30. The molecule has 3 aliphatic carbocycles. The Morgan fingerprint density at radius 3 is 2.06 bits per heavy atom. The van der Waals surface area contributed by atoms with Crippen molar-refractivity contribution < 1.29 is 0 Å². The van der Waals surface area contributed by atoms with E-state index in [1.54, 1.807) is 0 Å². The number of rotatable bonds is 4. The van der Waals surface area contributed by atoms with Crippen LogP contribution in [0.1, 0.15) is 24.3 Å². The zero-order valence-electron chi connectivity index (χ0n) is 17.7. The van der Waals surface area contributed by atoms with Crippen LogP contribution in [0.25, 0.3) is 33.9 Å². The summed E-state index contributed by atoms with van der Waals surface area (Å²) in [6, 6.07) is 29.3. The molecular weight excluding hydrogens is 412 g/mol. The molecule has 156 valence electrons. The van der Waals surface area contributed by atoms with E-state index in [2.05, 4.69) is 48.5 Å². The maximum atomic E-state index is 6.29. The predicted molar refractivity (Wildman–Crippen MR) is 129 cm³/mol. The van der Waals surface area contributed by atoms with Crippen molar-refractivity contribution in [1.82, 2.24) is 9.97 Å². The molecule has 2 atom stereocenters. The largest absolute Gasteiger partial charge is 0.228 e. The third-order valence-electron chi connectivity index (χ3n) is 8.05. The maximum Gasteiger partial charge on any atom is 0.160 e. The second-order valence-electron chi connectivity index (χ2n) is 9.63. The lowest BCUT2D eigenvalue weighted by atomic mass is 9.31. The van der Waals surface area contributed by atoms with Crippen LogP contribution in [-0.4, -0.2) is 9.97 Å². The molecule has 3 fully saturated rings. The quantitative estimate of drug-likeness (QED) is 0.332. The fourth-order valence-corrected chi connectivity index (χ4v) is 6.69. The highest BCUT2D eigenvalue weighted by Crippen LogP contribution is 2.75. The Morgan fingerprint density at radius 2 is 1.34 bits per heavy atom. The molecule has 0 spiro atoms. The molecule has 3 aromatic carbocycles. The van der Waals surface area contributed by atoms with E-state index in [0.29, 0.717) is 5.02 Å². The summed E-state index contributed by atoms with van der Waals surface area (Å²) in [5, 5.41) is 0.713. The average molecular weight is 435 g/mol. The predicted octanol–water partition coefficient (Wildman–Crippen LogP) is 7.50. The van der Waals surface area contributed by atoms with Crippen molar-refractivity contribution in [3.8, 4) is 33.9 Å². The van der Waals surface area contributed by atoms with Gasteiger partial charge in [-0.3, -0.25) is 0 Å². The first-order chi connectivity index (χ1) is 15.7. The van der Waals surface area contributed by atoms with Crippen LogP contribution in [0.2, 0.25) is 5.02 Å². The molecule has 32 heavy (non-hydrogen) atoms. The fourth-order valence-electron chi connectivity index (χ4n) is 6.50. The second kappa shape index (κ2) is 7.02. The molecule has 0 N–H and O–H groups in total. The van der Waals surface area contributed by atoms with Crippen LogP contribution in [0.4, 0.5) is 0 Å². The molecule has 2 nitrogen and oxygen atoms in total. The van der Waals surface area contributed by atoms with Crippen LogP contribution >= 0.6 is 11.6 Å². The van der Waals surface area contributed by atoms with E-state index in [0.717, 1.165) is 63.5 Å². The Hall–Kier alpha value is -2.97. The molecule has 3 aliphatic rings. The van der Waals surface area contributed by atoms with Gasteiger partial charge in [-0.1, -0.05) is 72.3 Å². The van der Waals surface area contributed by atoms with Gasteiger partial charge in [-0.05, 0) is 72.3 Å². The van der Waals surface area contributed by atoms with E-state index in [1.165, 1.54) is 18.4 Å². The van der Waals surface area contributed by atoms with Gasteiger partial charge in [-0.15, -0.1) is 0 Å². The van der Waals surface area contributed by atoms with Gasteiger partial charge in [0, 0.05) is 21.7 Å². The molecule has 0 amide bonds. The van der Waals surface area contributed by atoms with Gasteiger partial charge in [0.1, 0.15) is 0 Å². The second-order valence-corrected chi connectivity index (χ2v) is 10.1. The van der Waals surface area contributed by atoms with Gasteiger partial charge in [-0.25, -0.2) is 9.97 Å². The third kappa shape index (κ3) is 2.79. The summed E-state index contributed by atoms with van der Waals surface area (Å²) in [6.07, 6.45) is 2.88. The van der Waals surface area contributed by atoms with Crippen LogP contribution < -0.4 is 0 Å². The standard InChI is InChI=1S/C29H23ClN2/c30-22-11-5-8-18(13-22)26-16-25(17-6-2-1-3-7-17)31-29(32-26)20-10-4-9-19(12-20)27-23-14-21-15-24(27)28(21)23/h1-13,16,21,23-24,27-28H,14-15H2. The van der Waals surface area contributed by atoms with E-state index >= 15 is 0 Å². The molecule has 1 aromatic heterocycles. The Balaban J connectivity index is 1.34. The van der Waals surface area contributed by atoms with Crippen LogP contribution in [0.5, 0.6) is 0 Å². The number of nitrogens with zero attached hydrogens (tertiary/aromatic N) is 2. The lowest BCUT2D eigenvalue weighted by Crippen LogP contribution is -2.65. The summed E-state index contributed by atoms with van der Waals surface area (Å²) in [7, 11) is 0. The van der Waals surface area contributed by atoms with Crippen molar-refractivity contribution in [1.29, 1.82) is 0 Å². The summed E-state index contributed by atoms with van der Waals surface area (Å²) in [5.74, 6) is 5.46. The minimum Gasteiger partial charge on any atom is -0.228 e. The lowest BCUT2D eigenvalue weighted by molar-refractivity contribution is -0.214. The summed E-state index contributed by atoms with van der Waals surface area (Å²) in [6.45, 7) is 0. The van der Waals surface area contributed by atoms with E-state index in [9.17, 15) is 0 Å². The molecule has 0 aliphatic heterocycles. The monoisotopic (exact) mass is 434 g/mol. The van der Waals surface area contributed by atoms with Gasteiger partial charge in [0.25, 0.3) is 0 Å². The van der Waals surface area contributed by atoms with Crippen molar-refractivity contribution in [2.45, 2.75) is 18.8 Å². The fraction of sp³-hybridized carbons (Fsp3) is 0.241. The number of aromatic nitrogens is 2. The molecule has 2 unspecified atom stereocenters. The molecule has 0 saturated heterocycles. The topological polar surface area (TPSA) is 25.8 Å². The van der Waals surface area contributed by atoms with Gasteiger partial charge < -0.3 is 0 Å². The van der Waals surface area contributed by atoms with E-state index in [-0.39, 0.29) is 0 Å². The van der Waals surface area contributed by atoms with Gasteiger partial charge in [0.05, 0.1) is 11.4 Å². The van der Waals surface area contributed by atoms with Crippen molar-refractivity contribution >= 4 is 11.6 Å². The van der Waals surface area contributed by atoms with Crippen LogP contribution in [0, 0.1) is 23.7 Å². The minimum atomic E-state index is 0.713. The van der Waals surface area contributed by atoms with Crippen LogP contribution in [0.15, 0.2) is 84.9 Å². The van der Waals surface area contributed by atoms with Crippen molar-refractivity contribution in [2.24, 2.45) is 23.7 Å². The molecule has 0 bridgehead atoms. The van der Waals surface area contributed by atoms with Gasteiger partial charge in [0.15, 0.2) is 5.82 Å². The zero-order valence-corrected chi connectivity index (χ0v) is 18.4. The summed E-state index contributed by atoms with van der Waals surface area (Å²) >= 11 is 6.29. The highest BCUT2D eigenvalue weighted by Gasteiger charge is 2.67. The summed E-state index contributed by atoms with van der Waals surface area (Å²) in [4.78, 5) is 9.99. The Labute approximate surface area is 193 Å². The first kappa shape index (κ1) is 18.6. The summed E-state index contributed by atoms with van der Waals surface area (Å²) in [5.41, 5.74) is 6.50. The van der Waals surface area contributed by atoms with Crippen molar-refractivity contribution in [2.75, 3.05) is 0 Å². The van der Waals surface area contributed by atoms with Crippen LogP contribution in [0.3, 0.4) is 0 Å². The third-order valence-corrected chi connectivity index (χ3v) is 8.29. The Kier molecular flexibility index (Phi) is 4.07. The molecule has 4 aromatic rings.